The number of benzene rings is 1. The summed E-state index contributed by atoms with van der Waals surface area (Å²) in [5, 5.41) is 4.68. The molecule has 0 aliphatic carbocycles. The molecule has 1 aliphatic rings. The Hall–Kier alpha value is -1.90. The average Bonchev–Trinajstić information content (AvgIpc) is 3.20. The van der Waals surface area contributed by atoms with Gasteiger partial charge in [0.2, 0.25) is 0 Å². The van der Waals surface area contributed by atoms with Crippen LogP contribution in [0.25, 0.3) is 0 Å². The molecule has 0 unspecified atom stereocenters. The lowest BCUT2D eigenvalue weighted by molar-refractivity contribution is 0.0912. The van der Waals surface area contributed by atoms with Crippen LogP contribution in [-0.2, 0) is 10.0 Å². The van der Waals surface area contributed by atoms with E-state index in [4.69, 9.17) is 0 Å². The topological polar surface area (TPSA) is 78.5 Å². The van der Waals surface area contributed by atoms with E-state index < -0.39 is 10.0 Å². The predicted octanol–water partition coefficient (Wildman–Crippen LogP) is 3.85. The van der Waals surface area contributed by atoms with E-state index in [0.717, 1.165) is 49.4 Å². The number of unbranched alkanes of at least 4 members (excludes halogenated alkanes) is 1. The summed E-state index contributed by atoms with van der Waals surface area (Å²) < 4.78 is 28.2. The molecule has 1 aromatic heterocycles. The third-order valence-corrected chi connectivity index (χ3v) is 7.65. The highest BCUT2D eigenvalue weighted by Gasteiger charge is 2.27. The Balaban J connectivity index is 1.63. The van der Waals surface area contributed by atoms with Crippen LogP contribution < -0.4 is 10.0 Å². The Bertz CT molecular complexity index is 915. The average molecular weight is 436 g/mol. The first kappa shape index (κ1) is 21.8. The van der Waals surface area contributed by atoms with Gasteiger partial charge in [0.1, 0.15) is 9.77 Å². The van der Waals surface area contributed by atoms with E-state index in [0.29, 0.717) is 5.69 Å². The Morgan fingerprint density at radius 1 is 1.17 bits per heavy atom. The molecule has 29 heavy (non-hydrogen) atoms. The van der Waals surface area contributed by atoms with Crippen LogP contribution in [0.5, 0.6) is 0 Å². The smallest absolute Gasteiger partial charge is 0.263 e. The Morgan fingerprint density at radius 3 is 2.52 bits per heavy atom. The lowest BCUT2D eigenvalue weighted by Crippen LogP contribution is -2.44. The molecule has 158 valence electrons. The maximum atomic E-state index is 12.8. The normalized spacial score (nSPS) is 15.9. The SMILES string of the molecule is CCCCN1CCC(NC(=O)c2sccc2S(=O)(=O)Nc2ccc(C)cc2)CC1. The zero-order valence-corrected chi connectivity index (χ0v) is 18.6. The molecule has 8 heteroatoms. The van der Waals surface area contributed by atoms with Gasteiger partial charge < -0.3 is 10.2 Å². The Morgan fingerprint density at radius 2 is 1.86 bits per heavy atom. The van der Waals surface area contributed by atoms with Gasteiger partial charge in [0.15, 0.2) is 0 Å². The van der Waals surface area contributed by atoms with E-state index in [9.17, 15) is 13.2 Å². The summed E-state index contributed by atoms with van der Waals surface area (Å²) in [5.74, 6) is -0.309. The quantitative estimate of drug-likeness (QED) is 0.660. The molecule has 1 aliphatic heterocycles. The summed E-state index contributed by atoms with van der Waals surface area (Å²) in [7, 11) is -3.83. The van der Waals surface area contributed by atoms with Gasteiger partial charge in [-0.2, -0.15) is 0 Å². The molecule has 0 atom stereocenters. The van der Waals surface area contributed by atoms with Crippen LogP contribution in [0.1, 0.15) is 47.8 Å². The molecular weight excluding hydrogens is 406 g/mol. The van der Waals surface area contributed by atoms with Crippen LogP contribution in [0, 0.1) is 6.92 Å². The van der Waals surface area contributed by atoms with E-state index in [-0.39, 0.29) is 21.7 Å². The van der Waals surface area contributed by atoms with Crippen molar-refractivity contribution < 1.29 is 13.2 Å². The van der Waals surface area contributed by atoms with Crippen LogP contribution >= 0.6 is 11.3 Å². The number of hydrogen-bond acceptors (Lipinski definition) is 5. The van der Waals surface area contributed by atoms with Crippen molar-refractivity contribution in [2.75, 3.05) is 24.4 Å². The van der Waals surface area contributed by atoms with Crippen LogP contribution in [0.2, 0.25) is 0 Å². The second kappa shape index (κ2) is 9.73. The highest BCUT2D eigenvalue weighted by atomic mass is 32.2. The van der Waals surface area contributed by atoms with Gasteiger partial charge in [-0.15, -0.1) is 11.3 Å². The highest BCUT2D eigenvalue weighted by molar-refractivity contribution is 7.93. The van der Waals surface area contributed by atoms with Crippen molar-refractivity contribution in [3.8, 4) is 0 Å². The number of aryl methyl sites for hydroxylation is 1. The fourth-order valence-electron chi connectivity index (χ4n) is 3.44. The van der Waals surface area contributed by atoms with Gasteiger partial charge in [0, 0.05) is 24.8 Å². The van der Waals surface area contributed by atoms with Crippen LogP contribution in [-0.4, -0.2) is 44.9 Å². The number of thiophene rings is 1. The number of carbonyl (C=O) groups excluding carboxylic acids is 1. The van der Waals surface area contributed by atoms with Gasteiger partial charge >= 0.3 is 0 Å². The molecule has 6 nitrogen and oxygen atoms in total. The molecule has 2 aromatic rings. The third kappa shape index (κ3) is 5.81. The minimum atomic E-state index is -3.83. The number of amides is 1. The zero-order valence-electron chi connectivity index (χ0n) is 17.0. The summed E-state index contributed by atoms with van der Waals surface area (Å²) >= 11 is 1.16. The number of hydrogen-bond donors (Lipinski definition) is 2. The van der Waals surface area contributed by atoms with Gasteiger partial charge in [-0.3, -0.25) is 9.52 Å². The minimum Gasteiger partial charge on any atom is -0.348 e. The molecule has 0 radical (unpaired) electrons. The molecule has 3 rings (SSSR count). The third-order valence-electron chi connectivity index (χ3n) is 5.18. The lowest BCUT2D eigenvalue weighted by Gasteiger charge is -2.32. The molecule has 1 saturated heterocycles. The van der Waals surface area contributed by atoms with E-state index >= 15 is 0 Å². The highest BCUT2D eigenvalue weighted by Crippen LogP contribution is 2.25. The van der Waals surface area contributed by atoms with Crippen molar-refractivity contribution in [2.45, 2.75) is 50.5 Å². The van der Waals surface area contributed by atoms with Crippen LogP contribution in [0.4, 0.5) is 5.69 Å². The van der Waals surface area contributed by atoms with Crippen molar-refractivity contribution in [1.29, 1.82) is 0 Å². The fourth-order valence-corrected chi connectivity index (χ4v) is 5.83. The number of sulfonamides is 1. The van der Waals surface area contributed by atoms with Crippen molar-refractivity contribution >= 4 is 33.0 Å². The summed E-state index contributed by atoms with van der Waals surface area (Å²) in [6.07, 6.45) is 4.17. The van der Waals surface area contributed by atoms with Gasteiger partial charge in [0.05, 0.1) is 0 Å². The molecule has 1 amide bonds. The standard InChI is InChI=1S/C21H29N3O3S2/c1-3-4-12-24-13-9-17(10-14-24)22-21(25)20-19(11-15-28-20)29(26,27)23-18-7-5-16(2)6-8-18/h5-8,11,15,17,23H,3-4,9-10,12-14H2,1-2H3,(H,22,25). The maximum absolute atomic E-state index is 12.8. The number of nitrogens with zero attached hydrogens (tertiary/aromatic N) is 1. The fraction of sp³-hybridized carbons (Fsp3) is 0.476. The summed E-state index contributed by atoms with van der Waals surface area (Å²) in [4.78, 5) is 15.5. The Kier molecular flexibility index (Phi) is 7.32. The summed E-state index contributed by atoms with van der Waals surface area (Å²) in [5.41, 5.74) is 1.52. The van der Waals surface area contributed by atoms with Gasteiger partial charge in [-0.25, -0.2) is 8.42 Å². The first-order chi connectivity index (χ1) is 13.9. The molecule has 0 bridgehead atoms. The number of piperidine rings is 1. The zero-order chi connectivity index (χ0) is 20.9. The number of likely N-dealkylation sites (tertiary alicyclic amines) is 1. The molecule has 2 heterocycles. The largest absolute Gasteiger partial charge is 0.348 e. The lowest BCUT2D eigenvalue weighted by atomic mass is 10.0. The molecular formula is C21H29N3O3S2. The molecule has 1 fully saturated rings. The number of rotatable bonds is 8. The molecule has 0 spiro atoms. The van der Waals surface area contributed by atoms with Crippen molar-refractivity contribution in [3.05, 3.63) is 46.2 Å². The van der Waals surface area contributed by atoms with E-state index in [1.54, 1.807) is 17.5 Å². The minimum absolute atomic E-state index is 0.0287. The van der Waals surface area contributed by atoms with Gasteiger partial charge in [0.25, 0.3) is 15.9 Å². The monoisotopic (exact) mass is 435 g/mol. The van der Waals surface area contributed by atoms with Gasteiger partial charge in [-0.1, -0.05) is 31.0 Å². The first-order valence-corrected chi connectivity index (χ1v) is 12.5. The number of nitrogens with one attached hydrogen (secondary N) is 2. The predicted molar refractivity (Wildman–Crippen MR) is 118 cm³/mol. The summed E-state index contributed by atoms with van der Waals surface area (Å²) in [6, 6.07) is 8.68. The maximum Gasteiger partial charge on any atom is 0.263 e. The Labute approximate surface area is 177 Å². The van der Waals surface area contributed by atoms with E-state index in [1.807, 2.05) is 19.1 Å². The molecule has 2 N–H and O–H groups in total. The van der Waals surface area contributed by atoms with Gasteiger partial charge in [-0.05, 0) is 56.3 Å². The van der Waals surface area contributed by atoms with Crippen molar-refractivity contribution in [3.63, 3.8) is 0 Å². The molecule has 1 aromatic carbocycles. The number of carbonyl (C=O) groups is 1. The van der Waals surface area contributed by atoms with Crippen molar-refractivity contribution in [1.82, 2.24) is 10.2 Å². The molecule has 0 saturated carbocycles. The van der Waals surface area contributed by atoms with E-state index in [2.05, 4.69) is 21.9 Å². The van der Waals surface area contributed by atoms with Crippen LogP contribution in [0.15, 0.2) is 40.6 Å². The van der Waals surface area contributed by atoms with Crippen LogP contribution in [0.3, 0.4) is 0 Å². The second-order valence-electron chi connectivity index (χ2n) is 7.53. The second-order valence-corrected chi connectivity index (χ2v) is 10.1. The van der Waals surface area contributed by atoms with Crippen molar-refractivity contribution in [2.24, 2.45) is 0 Å². The first-order valence-electron chi connectivity index (χ1n) is 10.1. The number of anilines is 1. The van der Waals surface area contributed by atoms with E-state index in [1.165, 1.54) is 18.9 Å². The summed E-state index contributed by atoms with van der Waals surface area (Å²) in [6.45, 7) is 7.17.